The Kier molecular flexibility index (Phi) is 13.8. The summed E-state index contributed by atoms with van der Waals surface area (Å²) in [7, 11) is 0. The Labute approximate surface area is 340 Å². The summed E-state index contributed by atoms with van der Waals surface area (Å²) in [6.45, 7) is 4.92. The van der Waals surface area contributed by atoms with Gasteiger partial charge >= 0.3 is 30.2 Å². The van der Waals surface area contributed by atoms with Crippen molar-refractivity contribution in [3.63, 3.8) is 0 Å². The number of nitrogens with zero attached hydrogens (tertiary/aromatic N) is 3. The van der Waals surface area contributed by atoms with Gasteiger partial charge in [0.15, 0.2) is 11.2 Å². The third-order valence-electron chi connectivity index (χ3n) is 8.97. The van der Waals surface area contributed by atoms with Crippen molar-refractivity contribution in [1.82, 2.24) is 19.4 Å². The molecule has 15 nitrogen and oxygen atoms in total. The van der Waals surface area contributed by atoms with Crippen molar-refractivity contribution in [2.45, 2.75) is 25.8 Å². The van der Waals surface area contributed by atoms with E-state index in [-0.39, 0.29) is 35.1 Å². The highest BCUT2D eigenvalue weighted by Gasteiger charge is 2.32. The van der Waals surface area contributed by atoms with E-state index in [1.807, 2.05) is 0 Å². The van der Waals surface area contributed by atoms with Crippen LogP contribution >= 0.6 is 0 Å². The lowest BCUT2D eigenvalue weighted by Gasteiger charge is -2.26. The minimum Gasteiger partial charge on any atom is -0.480 e. The van der Waals surface area contributed by atoms with Crippen molar-refractivity contribution in [2.75, 3.05) is 52.6 Å². The monoisotopic (exact) mass is 862 g/mol. The van der Waals surface area contributed by atoms with E-state index in [2.05, 4.69) is 14.8 Å². The summed E-state index contributed by atoms with van der Waals surface area (Å²) in [5, 5.41) is 12.0. The number of nitrogens with one attached hydrogen (secondary N) is 1. The van der Waals surface area contributed by atoms with E-state index in [0.29, 0.717) is 59.7 Å². The summed E-state index contributed by atoms with van der Waals surface area (Å²) < 4.78 is 104. The third kappa shape index (κ3) is 12.2. The number of rotatable bonds is 8. The molecule has 1 amide bonds. The highest BCUT2D eigenvalue weighted by atomic mass is 19.4. The van der Waals surface area contributed by atoms with Crippen molar-refractivity contribution in [1.29, 1.82) is 0 Å². The molecular weight excluding hydrogens is 826 g/mol. The highest BCUT2D eigenvalue weighted by molar-refractivity contribution is 5.84. The van der Waals surface area contributed by atoms with Gasteiger partial charge in [-0.2, -0.15) is 0 Å². The number of ether oxygens (including phenoxy) is 4. The number of hydrogen-bond donors (Lipinski definition) is 2. The molecule has 2 aliphatic rings. The first-order valence-electron chi connectivity index (χ1n) is 18.4. The number of alkyl halides is 6. The minimum absolute atomic E-state index is 0.173. The zero-order chi connectivity index (χ0) is 43.7. The van der Waals surface area contributed by atoms with E-state index in [9.17, 15) is 45.5 Å². The molecule has 2 fully saturated rings. The number of fused-ring (bicyclic) bond motifs is 2. The zero-order valence-corrected chi connectivity index (χ0v) is 31.8. The van der Waals surface area contributed by atoms with Gasteiger partial charge in [0.25, 0.3) is 0 Å². The smallest absolute Gasteiger partial charge is 0.480 e. The van der Waals surface area contributed by atoms with Crippen molar-refractivity contribution in [2.24, 2.45) is 0 Å². The molecule has 0 atom stereocenters. The molecule has 6 aromatic rings. The number of benzene rings is 4. The molecule has 0 saturated carbocycles. The fraction of sp³-hybridized carbons (Fsp3) is 0.300. The molecule has 2 saturated heterocycles. The largest absolute Gasteiger partial charge is 0.573 e. The van der Waals surface area contributed by atoms with Gasteiger partial charge in [-0.3, -0.25) is 18.7 Å². The Morgan fingerprint density at radius 2 is 1.02 bits per heavy atom. The number of carboxylic acids is 1. The van der Waals surface area contributed by atoms with Crippen LogP contribution in [0, 0.1) is 0 Å². The number of carboxylic acid groups (broad SMARTS) is 1. The fourth-order valence-electron chi connectivity index (χ4n) is 6.18. The van der Waals surface area contributed by atoms with Gasteiger partial charge in [0.1, 0.15) is 24.6 Å². The molecule has 2 aliphatic heterocycles. The maximum Gasteiger partial charge on any atom is 0.573 e. The van der Waals surface area contributed by atoms with Gasteiger partial charge in [-0.15, -0.1) is 26.3 Å². The average molecular weight is 863 g/mol. The van der Waals surface area contributed by atoms with E-state index >= 15 is 0 Å². The molecule has 0 bridgehead atoms. The zero-order valence-electron chi connectivity index (χ0n) is 31.8. The SMILES string of the molecule is C1COCCN1.O=C(Cn1c(=O)oc2ccc(-c3ccc(OC(F)(F)F)cc3)cc21)N1CCOCC1.O=C(O)Cn1c(=O)oc2ccc(-c3ccc(OC(F)(F)F)cc3)cc21. The quantitative estimate of drug-likeness (QED) is 0.174. The van der Waals surface area contributed by atoms with Crippen LogP contribution in [0.3, 0.4) is 0 Å². The second-order valence-electron chi connectivity index (χ2n) is 13.2. The number of halogens is 6. The summed E-state index contributed by atoms with van der Waals surface area (Å²) in [5.41, 5.74) is 3.64. The number of amides is 1. The topological polar surface area (TPSA) is 177 Å². The Morgan fingerprint density at radius 3 is 1.39 bits per heavy atom. The van der Waals surface area contributed by atoms with Crippen LogP contribution in [0.15, 0.2) is 103 Å². The van der Waals surface area contributed by atoms with Gasteiger partial charge < -0.3 is 43.1 Å². The van der Waals surface area contributed by atoms with Crippen molar-refractivity contribution in [3.05, 3.63) is 106 Å². The van der Waals surface area contributed by atoms with E-state index in [1.165, 1.54) is 53.1 Å². The number of aliphatic carboxylic acids is 1. The molecule has 0 spiro atoms. The van der Waals surface area contributed by atoms with Crippen LogP contribution in [-0.2, 0) is 32.2 Å². The number of hydrogen-bond acceptors (Lipinski definition) is 11. The summed E-state index contributed by atoms with van der Waals surface area (Å²) in [6.07, 6.45) is -9.54. The summed E-state index contributed by atoms with van der Waals surface area (Å²) in [5.74, 6) is -3.57. The van der Waals surface area contributed by atoms with Gasteiger partial charge in [-0.05, 0) is 70.8 Å². The van der Waals surface area contributed by atoms with E-state index < -0.39 is 36.8 Å². The number of oxazole rings is 2. The molecule has 0 unspecified atom stereocenters. The molecule has 0 radical (unpaired) electrons. The Balaban J connectivity index is 0.000000181. The number of carbonyl (C=O) groups is 2. The first-order valence-corrected chi connectivity index (χ1v) is 18.4. The summed E-state index contributed by atoms with van der Waals surface area (Å²) >= 11 is 0. The molecular formula is C40H36F6N4O11. The normalized spacial score (nSPS) is 14.4. The van der Waals surface area contributed by atoms with E-state index in [1.54, 1.807) is 29.2 Å². The van der Waals surface area contributed by atoms with Gasteiger partial charge in [-0.1, -0.05) is 36.4 Å². The number of carbonyl (C=O) groups excluding carboxylic acids is 1. The molecule has 8 rings (SSSR count). The Hall–Kier alpha value is -6.58. The molecule has 324 valence electrons. The molecule has 2 aromatic heterocycles. The molecule has 0 aliphatic carbocycles. The third-order valence-corrected chi connectivity index (χ3v) is 8.97. The summed E-state index contributed by atoms with van der Waals surface area (Å²) in [6, 6.07) is 20.1. The van der Waals surface area contributed by atoms with Crippen LogP contribution in [0.1, 0.15) is 0 Å². The minimum atomic E-state index is -4.77. The van der Waals surface area contributed by atoms with Gasteiger partial charge in [0, 0.05) is 26.2 Å². The van der Waals surface area contributed by atoms with Gasteiger partial charge in [0.2, 0.25) is 5.91 Å². The number of morpholine rings is 2. The molecule has 4 heterocycles. The first kappa shape index (κ1) is 44.0. The number of aromatic nitrogens is 2. The standard InChI is InChI=1S/C20H17F3N2O5.C16H10F3NO5.C4H9NO/c21-20(22,23)30-15-4-1-13(2-5-15)14-3-6-17-16(11-14)25(19(27)29-17)12-18(26)24-7-9-28-10-8-24;17-16(18,19)25-11-4-1-9(2-5-11)10-3-6-13-12(7-10)20(8-14(21)22)15(23)24-13;1-3-6-4-2-5-1/h1-6,11H,7-10,12H2;1-7H,8H2,(H,21,22);5H,1-4H2. The van der Waals surface area contributed by atoms with Crippen LogP contribution in [0.25, 0.3) is 44.5 Å². The Bertz CT molecular complexity index is 2540. The van der Waals surface area contributed by atoms with Crippen LogP contribution in [0.2, 0.25) is 0 Å². The van der Waals surface area contributed by atoms with E-state index in [4.69, 9.17) is 23.4 Å². The van der Waals surface area contributed by atoms with Crippen molar-refractivity contribution < 1.29 is 68.8 Å². The predicted molar refractivity (Wildman–Crippen MR) is 204 cm³/mol. The molecule has 61 heavy (non-hydrogen) atoms. The second-order valence-corrected chi connectivity index (χ2v) is 13.2. The molecule has 2 N–H and O–H groups in total. The van der Waals surface area contributed by atoms with Gasteiger partial charge in [-0.25, -0.2) is 9.59 Å². The second kappa shape index (κ2) is 19.2. The van der Waals surface area contributed by atoms with Crippen molar-refractivity contribution >= 4 is 34.1 Å². The van der Waals surface area contributed by atoms with Crippen LogP contribution in [-0.4, -0.2) is 96.3 Å². The lowest BCUT2D eigenvalue weighted by atomic mass is 10.1. The maximum absolute atomic E-state index is 12.5. The Morgan fingerprint density at radius 1 is 0.607 bits per heavy atom. The molecule has 21 heteroatoms. The molecule has 4 aromatic carbocycles. The maximum atomic E-state index is 12.5. The first-order chi connectivity index (χ1) is 29.0. The predicted octanol–water partition coefficient (Wildman–Crippen LogP) is 5.87. The highest BCUT2D eigenvalue weighted by Crippen LogP contribution is 2.30. The van der Waals surface area contributed by atoms with Crippen LogP contribution in [0.5, 0.6) is 11.5 Å². The summed E-state index contributed by atoms with van der Waals surface area (Å²) in [4.78, 5) is 49.0. The van der Waals surface area contributed by atoms with E-state index in [0.717, 1.165) is 43.0 Å². The lowest BCUT2D eigenvalue weighted by molar-refractivity contribution is -0.275. The van der Waals surface area contributed by atoms with Crippen LogP contribution < -0.4 is 26.3 Å². The fourth-order valence-corrected chi connectivity index (χ4v) is 6.18. The lowest BCUT2D eigenvalue weighted by Crippen LogP contribution is -2.43. The van der Waals surface area contributed by atoms with Crippen molar-refractivity contribution in [3.8, 4) is 33.8 Å². The average Bonchev–Trinajstić information content (AvgIpc) is 3.71. The van der Waals surface area contributed by atoms with Crippen LogP contribution in [0.4, 0.5) is 26.3 Å². The van der Waals surface area contributed by atoms with Gasteiger partial charge in [0.05, 0.1) is 37.5 Å².